The van der Waals surface area contributed by atoms with Gasteiger partial charge < -0.3 is 14.9 Å². The van der Waals surface area contributed by atoms with Crippen LogP contribution in [0.5, 0.6) is 0 Å². The van der Waals surface area contributed by atoms with E-state index in [2.05, 4.69) is 15.3 Å². The number of nitrogens with one attached hydrogen (secondary N) is 2. The van der Waals surface area contributed by atoms with Crippen LogP contribution in [0.15, 0.2) is 24.7 Å². The van der Waals surface area contributed by atoms with Gasteiger partial charge in [-0.2, -0.15) is 0 Å². The standard InChI is InChI=1S/C11H13ClN4O/c1-16-7-8(12)6-9(16)11(17)15-3-2-10-13-4-5-14-10/h4-7H,2-3H2,1H3,(H,13,14)(H,15,17). The van der Waals surface area contributed by atoms with E-state index in [1.54, 1.807) is 36.3 Å². The van der Waals surface area contributed by atoms with Crippen LogP contribution in [0.1, 0.15) is 16.3 Å². The highest BCUT2D eigenvalue weighted by Gasteiger charge is 2.10. The summed E-state index contributed by atoms with van der Waals surface area (Å²) in [6.45, 7) is 0.537. The average Bonchev–Trinajstić information content (AvgIpc) is 2.88. The largest absolute Gasteiger partial charge is 0.350 e. The van der Waals surface area contributed by atoms with E-state index in [0.717, 1.165) is 5.82 Å². The van der Waals surface area contributed by atoms with Gasteiger partial charge in [0.05, 0.1) is 5.02 Å². The SMILES string of the molecule is Cn1cc(Cl)cc1C(=O)NCCc1ncc[nH]1. The molecule has 2 aromatic rings. The van der Waals surface area contributed by atoms with E-state index >= 15 is 0 Å². The van der Waals surface area contributed by atoms with Crippen LogP contribution in [0.3, 0.4) is 0 Å². The van der Waals surface area contributed by atoms with Crippen molar-refractivity contribution < 1.29 is 4.79 Å². The van der Waals surface area contributed by atoms with Gasteiger partial charge in [0.1, 0.15) is 11.5 Å². The van der Waals surface area contributed by atoms with Crippen molar-refractivity contribution in [2.45, 2.75) is 6.42 Å². The van der Waals surface area contributed by atoms with Crippen molar-refractivity contribution in [3.8, 4) is 0 Å². The summed E-state index contributed by atoms with van der Waals surface area (Å²) in [5.41, 5.74) is 0.550. The second-order valence-corrected chi connectivity index (χ2v) is 4.13. The molecule has 2 heterocycles. The van der Waals surface area contributed by atoms with Crippen LogP contribution in [0.25, 0.3) is 0 Å². The fraction of sp³-hybridized carbons (Fsp3) is 0.273. The third-order valence-corrected chi connectivity index (χ3v) is 2.61. The van der Waals surface area contributed by atoms with E-state index in [1.807, 2.05) is 0 Å². The second kappa shape index (κ2) is 5.05. The van der Waals surface area contributed by atoms with Crippen LogP contribution in [0.2, 0.25) is 5.02 Å². The molecule has 0 saturated carbocycles. The molecule has 5 nitrogen and oxygen atoms in total. The molecule has 2 aromatic heterocycles. The maximum Gasteiger partial charge on any atom is 0.267 e. The molecule has 0 aliphatic heterocycles. The maximum absolute atomic E-state index is 11.8. The summed E-state index contributed by atoms with van der Waals surface area (Å²) in [5.74, 6) is 0.723. The highest BCUT2D eigenvalue weighted by atomic mass is 35.5. The zero-order chi connectivity index (χ0) is 12.3. The molecule has 0 bridgehead atoms. The van der Waals surface area contributed by atoms with E-state index < -0.39 is 0 Å². The topological polar surface area (TPSA) is 62.7 Å². The molecule has 17 heavy (non-hydrogen) atoms. The van der Waals surface area contributed by atoms with Crippen LogP contribution in [-0.2, 0) is 13.5 Å². The molecular formula is C11H13ClN4O. The average molecular weight is 253 g/mol. The summed E-state index contributed by atoms with van der Waals surface area (Å²) in [5, 5.41) is 3.37. The Labute approximate surface area is 104 Å². The Kier molecular flexibility index (Phi) is 3.49. The van der Waals surface area contributed by atoms with Crippen molar-refractivity contribution in [1.82, 2.24) is 19.9 Å². The van der Waals surface area contributed by atoms with Gasteiger partial charge >= 0.3 is 0 Å². The summed E-state index contributed by atoms with van der Waals surface area (Å²) in [4.78, 5) is 18.8. The molecule has 0 radical (unpaired) electrons. The summed E-state index contributed by atoms with van der Waals surface area (Å²) in [7, 11) is 1.79. The van der Waals surface area contributed by atoms with Crippen molar-refractivity contribution in [2.75, 3.05) is 6.54 Å². The van der Waals surface area contributed by atoms with Gasteiger partial charge in [-0.3, -0.25) is 4.79 Å². The van der Waals surface area contributed by atoms with Crippen molar-refractivity contribution in [2.24, 2.45) is 7.05 Å². The molecule has 0 unspecified atom stereocenters. The molecule has 2 rings (SSSR count). The minimum atomic E-state index is -0.133. The van der Waals surface area contributed by atoms with E-state index in [9.17, 15) is 4.79 Å². The van der Waals surface area contributed by atoms with Crippen molar-refractivity contribution in [3.05, 3.63) is 41.2 Å². The summed E-state index contributed by atoms with van der Waals surface area (Å²) in [6, 6.07) is 1.64. The lowest BCUT2D eigenvalue weighted by Crippen LogP contribution is -2.27. The number of nitrogens with zero attached hydrogens (tertiary/aromatic N) is 2. The monoisotopic (exact) mass is 252 g/mol. The fourth-order valence-corrected chi connectivity index (χ4v) is 1.82. The Balaban J connectivity index is 1.87. The van der Waals surface area contributed by atoms with Crippen LogP contribution >= 0.6 is 11.6 Å². The molecular weight excluding hydrogens is 240 g/mol. The number of aromatic nitrogens is 3. The number of aryl methyl sites for hydroxylation is 1. The predicted octanol–water partition coefficient (Wildman–Crippen LogP) is 1.37. The Morgan fingerprint density at radius 3 is 3.06 bits per heavy atom. The quantitative estimate of drug-likeness (QED) is 0.863. The molecule has 0 aliphatic rings. The van der Waals surface area contributed by atoms with Gasteiger partial charge in [0.15, 0.2) is 0 Å². The summed E-state index contributed by atoms with van der Waals surface area (Å²) < 4.78 is 1.70. The molecule has 0 aromatic carbocycles. The second-order valence-electron chi connectivity index (χ2n) is 3.70. The molecule has 0 fully saturated rings. The lowest BCUT2D eigenvalue weighted by atomic mass is 10.3. The first-order valence-electron chi connectivity index (χ1n) is 5.25. The summed E-state index contributed by atoms with van der Waals surface area (Å²) in [6.07, 6.45) is 5.82. The molecule has 0 spiro atoms. The third-order valence-electron chi connectivity index (χ3n) is 2.41. The minimum Gasteiger partial charge on any atom is -0.350 e. The Morgan fingerprint density at radius 1 is 1.65 bits per heavy atom. The highest BCUT2D eigenvalue weighted by molar-refractivity contribution is 6.31. The molecule has 0 atom stereocenters. The zero-order valence-corrected chi connectivity index (χ0v) is 10.2. The van der Waals surface area contributed by atoms with Crippen LogP contribution in [0, 0.1) is 0 Å². The van der Waals surface area contributed by atoms with Crippen LogP contribution in [0.4, 0.5) is 0 Å². The van der Waals surface area contributed by atoms with Gasteiger partial charge in [0, 0.05) is 38.6 Å². The number of carbonyl (C=O) groups excluding carboxylic acids is 1. The Bertz CT molecular complexity index is 504. The minimum absolute atomic E-state index is 0.133. The summed E-state index contributed by atoms with van der Waals surface area (Å²) >= 11 is 5.81. The van der Waals surface area contributed by atoms with E-state index in [0.29, 0.717) is 23.7 Å². The molecule has 6 heteroatoms. The number of aromatic amines is 1. The molecule has 0 aliphatic carbocycles. The third kappa shape index (κ3) is 2.88. The van der Waals surface area contributed by atoms with Gasteiger partial charge in [-0.15, -0.1) is 0 Å². The number of imidazole rings is 1. The number of halogens is 1. The highest BCUT2D eigenvalue weighted by Crippen LogP contribution is 2.12. The molecule has 2 N–H and O–H groups in total. The van der Waals surface area contributed by atoms with E-state index in [1.165, 1.54) is 0 Å². The number of hydrogen-bond acceptors (Lipinski definition) is 2. The number of carbonyl (C=O) groups is 1. The zero-order valence-electron chi connectivity index (χ0n) is 9.40. The van der Waals surface area contributed by atoms with Crippen molar-refractivity contribution >= 4 is 17.5 Å². The van der Waals surface area contributed by atoms with Gasteiger partial charge in [-0.1, -0.05) is 11.6 Å². The number of H-pyrrole nitrogens is 1. The Hall–Kier alpha value is -1.75. The number of hydrogen-bond donors (Lipinski definition) is 2. The number of amides is 1. The first kappa shape index (κ1) is 11.7. The van der Waals surface area contributed by atoms with E-state index in [-0.39, 0.29) is 5.91 Å². The lowest BCUT2D eigenvalue weighted by molar-refractivity contribution is 0.0946. The van der Waals surface area contributed by atoms with Gasteiger partial charge in [0.25, 0.3) is 5.91 Å². The molecule has 90 valence electrons. The van der Waals surface area contributed by atoms with Gasteiger partial charge in [-0.25, -0.2) is 4.98 Å². The lowest BCUT2D eigenvalue weighted by Gasteiger charge is -2.04. The van der Waals surface area contributed by atoms with Crippen LogP contribution in [-0.4, -0.2) is 27.0 Å². The maximum atomic E-state index is 11.8. The van der Waals surface area contributed by atoms with Crippen molar-refractivity contribution in [3.63, 3.8) is 0 Å². The predicted molar refractivity (Wildman–Crippen MR) is 65.0 cm³/mol. The Morgan fingerprint density at radius 2 is 2.47 bits per heavy atom. The molecule has 0 saturated heterocycles. The van der Waals surface area contributed by atoms with Gasteiger partial charge in [0.2, 0.25) is 0 Å². The van der Waals surface area contributed by atoms with E-state index in [4.69, 9.17) is 11.6 Å². The normalized spacial score (nSPS) is 10.5. The first-order chi connectivity index (χ1) is 8.16. The van der Waals surface area contributed by atoms with Crippen LogP contribution < -0.4 is 5.32 Å². The first-order valence-corrected chi connectivity index (χ1v) is 5.63. The fourth-order valence-electron chi connectivity index (χ4n) is 1.57. The smallest absolute Gasteiger partial charge is 0.267 e. The number of rotatable bonds is 4. The van der Waals surface area contributed by atoms with Gasteiger partial charge in [-0.05, 0) is 6.07 Å². The van der Waals surface area contributed by atoms with Crippen molar-refractivity contribution in [1.29, 1.82) is 0 Å². The molecule has 1 amide bonds.